The van der Waals surface area contributed by atoms with E-state index in [9.17, 15) is 4.79 Å². The zero-order chi connectivity index (χ0) is 16.4. The number of carbonyl (C=O) groups is 1. The predicted molar refractivity (Wildman–Crippen MR) is 91.9 cm³/mol. The maximum Gasteiger partial charge on any atom is 0.258 e. The maximum absolute atomic E-state index is 11.9. The SMILES string of the molecule is CC(C)CNC(=O)COc1ncnc2sc3c(c12)CC[C@@H](C)C3. The molecule has 0 saturated heterocycles. The fourth-order valence-corrected chi connectivity index (χ4v) is 4.20. The van der Waals surface area contributed by atoms with Crippen molar-refractivity contribution in [3.8, 4) is 5.88 Å². The number of fused-ring (bicyclic) bond motifs is 3. The molecule has 1 amide bonds. The Morgan fingerprint density at radius 2 is 2.30 bits per heavy atom. The summed E-state index contributed by atoms with van der Waals surface area (Å²) in [5.74, 6) is 1.58. The van der Waals surface area contributed by atoms with Gasteiger partial charge in [0.25, 0.3) is 5.91 Å². The van der Waals surface area contributed by atoms with Crippen LogP contribution in [0, 0.1) is 11.8 Å². The van der Waals surface area contributed by atoms with Gasteiger partial charge in [0.2, 0.25) is 5.88 Å². The summed E-state index contributed by atoms with van der Waals surface area (Å²) in [7, 11) is 0. The van der Waals surface area contributed by atoms with E-state index in [2.05, 4.69) is 36.1 Å². The average molecular weight is 333 g/mol. The van der Waals surface area contributed by atoms with Crippen LogP contribution < -0.4 is 10.1 Å². The molecule has 1 N–H and O–H groups in total. The number of thiophene rings is 1. The van der Waals surface area contributed by atoms with Crippen LogP contribution in [0.3, 0.4) is 0 Å². The first kappa shape index (κ1) is 16.2. The number of ether oxygens (including phenoxy) is 1. The molecular formula is C17H23N3O2S. The van der Waals surface area contributed by atoms with Crippen molar-refractivity contribution in [3.05, 3.63) is 16.8 Å². The molecule has 0 fully saturated rings. The third-order valence-electron chi connectivity index (χ3n) is 4.10. The summed E-state index contributed by atoms with van der Waals surface area (Å²) in [4.78, 5) is 22.9. The van der Waals surface area contributed by atoms with E-state index in [1.807, 2.05) is 0 Å². The van der Waals surface area contributed by atoms with Gasteiger partial charge >= 0.3 is 0 Å². The van der Waals surface area contributed by atoms with Crippen molar-refractivity contribution in [2.45, 2.75) is 40.0 Å². The topological polar surface area (TPSA) is 64.1 Å². The van der Waals surface area contributed by atoms with Crippen molar-refractivity contribution < 1.29 is 9.53 Å². The molecule has 124 valence electrons. The van der Waals surface area contributed by atoms with Crippen LogP contribution in [0.25, 0.3) is 10.2 Å². The van der Waals surface area contributed by atoms with E-state index in [0.29, 0.717) is 18.3 Å². The van der Waals surface area contributed by atoms with E-state index >= 15 is 0 Å². The number of aromatic nitrogens is 2. The van der Waals surface area contributed by atoms with Gasteiger partial charge in [-0.15, -0.1) is 11.3 Å². The summed E-state index contributed by atoms with van der Waals surface area (Å²) in [6.45, 7) is 7.07. The molecule has 1 aliphatic carbocycles. The number of carbonyl (C=O) groups excluding carboxylic acids is 1. The van der Waals surface area contributed by atoms with E-state index in [1.54, 1.807) is 11.3 Å². The predicted octanol–water partition coefficient (Wildman–Crippen LogP) is 2.97. The fraction of sp³-hybridized carbons (Fsp3) is 0.588. The smallest absolute Gasteiger partial charge is 0.258 e. The first-order chi connectivity index (χ1) is 11.0. The lowest BCUT2D eigenvalue weighted by Crippen LogP contribution is -2.31. The van der Waals surface area contributed by atoms with Crippen LogP contribution in [0.4, 0.5) is 0 Å². The molecule has 3 rings (SSSR count). The molecule has 2 heterocycles. The largest absolute Gasteiger partial charge is 0.467 e. The Morgan fingerprint density at radius 3 is 3.09 bits per heavy atom. The number of hydrogen-bond donors (Lipinski definition) is 1. The second kappa shape index (κ2) is 6.83. The van der Waals surface area contributed by atoms with Gasteiger partial charge < -0.3 is 10.1 Å². The molecule has 2 aromatic heterocycles. The first-order valence-electron chi connectivity index (χ1n) is 8.19. The normalized spacial score (nSPS) is 17.3. The quantitative estimate of drug-likeness (QED) is 0.914. The lowest BCUT2D eigenvalue weighted by Gasteiger charge is -2.18. The summed E-state index contributed by atoms with van der Waals surface area (Å²) in [5.41, 5.74) is 1.32. The van der Waals surface area contributed by atoms with Gasteiger partial charge in [-0.1, -0.05) is 20.8 Å². The molecule has 0 aromatic carbocycles. The molecule has 0 aliphatic heterocycles. The number of rotatable bonds is 5. The molecule has 0 unspecified atom stereocenters. The first-order valence-corrected chi connectivity index (χ1v) is 9.01. The third-order valence-corrected chi connectivity index (χ3v) is 5.27. The van der Waals surface area contributed by atoms with Gasteiger partial charge in [-0.25, -0.2) is 9.97 Å². The molecule has 1 atom stereocenters. The van der Waals surface area contributed by atoms with Gasteiger partial charge in [0.05, 0.1) is 5.39 Å². The Hall–Kier alpha value is -1.69. The van der Waals surface area contributed by atoms with Crippen molar-refractivity contribution in [2.75, 3.05) is 13.2 Å². The highest BCUT2D eigenvalue weighted by atomic mass is 32.1. The Morgan fingerprint density at radius 1 is 1.48 bits per heavy atom. The van der Waals surface area contributed by atoms with Crippen LogP contribution in [0.15, 0.2) is 6.33 Å². The Balaban J connectivity index is 1.77. The van der Waals surface area contributed by atoms with E-state index in [4.69, 9.17) is 4.74 Å². The van der Waals surface area contributed by atoms with E-state index < -0.39 is 0 Å². The van der Waals surface area contributed by atoms with Gasteiger partial charge in [-0.3, -0.25) is 4.79 Å². The molecule has 0 bridgehead atoms. The average Bonchev–Trinajstić information content (AvgIpc) is 2.88. The second-order valence-electron chi connectivity index (χ2n) is 6.70. The van der Waals surface area contributed by atoms with E-state index in [1.165, 1.54) is 23.2 Å². The van der Waals surface area contributed by atoms with Crippen molar-refractivity contribution in [2.24, 2.45) is 11.8 Å². The van der Waals surface area contributed by atoms with Crippen LogP contribution >= 0.6 is 11.3 Å². The molecule has 0 radical (unpaired) electrons. The highest BCUT2D eigenvalue weighted by Gasteiger charge is 2.23. The standard InChI is InChI=1S/C17H23N3O2S/c1-10(2)7-18-14(21)8-22-16-15-12-5-4-11(3)6-13(12)23-17(15)20-9-19-16/h9-11H,4-8H2,1-3H3,(H,18,21)/t11-/m1/s1. The van der Waals surface area contributed by atoms with Crippen molar-refractivity contribution in [3.63, 3.8) is 0 Å². The highest BCUT2D eigenvalue weighted by Crippen LogP contribution is 2.40. The molecule has 1 aliphatic rings. The van der Waals surface area contributed by atoms with Crippen molar-refractivity contribution in [1.82, 2.24) is 15.3 Å². The number of nitrogens with one attached hydrogen (secondary N) is 1. The zero-order valence-corrected chi connectivity index (χ0v) is 14.7. The number of aryl methyl sites for hydroxylation is 1. The van der Waals surface area contributed by atoms with Crippen molar-refractivity contribution >= 4 is 27.5 Å². The zero-order valence-electron chi connectivity index (χ0n) is 13.9. The van der Waals surface area contributed by atoms with Gasteiger partial charge in [0.15, 0.2) is 6.61 Å². The van der Waals surface area contributed by atoms with Crippen LogP contribution in [-0.4, -0.2) is 29.0 Å². The maximum atomic E-state index is 11.9. The molecule has 0 saturated carbocycles. The summed E-state index contributed by atoms with van der Waals surface area (Å²) in [6, 6.07) is 0. The number of nitrogens with zero attached hydrogens (tertiary/aromatic N) is 2. The van der Waals surface area contributed by atoms with E-state index in [-0.39, 0.29) is 12.5 Å². The molecule has 2 aromatic rings. The summed E-state index contributed by atoms with van der Waals surface area (Å²) >= 11 is 1.73. The lowest BCUT2D eigenvalue weighted by molar-refractivity contribution is -0.123. The van der Waals surface area contributed by atoms with Gasteiger partial charge in [-0.2, -0.15) is 0 Å². The minimum atomic E-state index is -0.108. The minimum absolute atomic E-state index is 0.000143. The summed E-state index contributed by atoms with van der Waals surface area (Å²) in [6.07, 6.45) is 4.85. The molecule has 0 spiro atoms. The molecule has 23 heavy (non-hydrogen) atoms. The number of hydrogen-bond acceptors (Lipinski definition) is 5. The molecular weight excluding hydrogens is 310 g/mol. The molecule has 6 heteroatoms. The van der Waals surface area contributed by atoms with Crippen LogP contribution in [0.5, 0.6) is 5.88 Å². The third kappa shape index (κ3) is 3.63. The van der Waals surface area contributed by atoms with E-state index in [0.717, 1.165) is 29.0 Å². The summed E-state index contributed by atoms with van der Waals surface area (Å²) in [5, 5.41) is 3.87. The van der Waals surface area contributed by atoms with Gasteiger partial charge in [0, 0.05) is 11.4 Å². The van der Waals surface area contributed by atoms with Crippen LogP contribution in [0.1, 0.15) is 37.6 Å². The Labute approximate surface area is 140 Å². The van der Waals surface area contributed by atoms with Gasteiger partial charge in [-0.05, 0) is 36.7 Å². The minimum Gasteiger partial charge on any atom is -0.467 e. The van der Waals surface area contributed by atoms with Crippen LogP contribution in [-0.2, 0) is 17.6 Å². The Kier molecular flexibility index (Phi) is 4.80. The highest BCUT2D eigenvalue weighted by molar-refractivity contribution is 7.18. The lowest BCUT2D eigenvalue weighted by atomic mass is 9.89. The number of amides is 1. The monoisotopic (exact) mass is 333 g/mol. The summed E-state index contributed by atoms with van der Waals surface area (Å²) < 4.78 is 5.71. The van der Waals surface area contributed by atoms with Crippen molar-refractivity contribution in [1.29, 1.82) is 0 Å². The van der Waals surface area contributed by atoms with Gasteiger partial charge in [0.1, 0.15) is 11.2 Å². The second-order valence-corrected chi connectivity index (χ2v) is 7.78. The fourth-order valence-electron chi connectivity index (χ4n) is 2.86. The van der Waals surface area contributed by atoms with Crippen LogP contribution in [0.2, 0.25) is 0 Å². The Bertz CT molecular complexity index is 711. The molecule has 5 nitrogen and oxygen atoms in total.